The van der Waals surface area contributed by atoms with Crippen LogP contribution in [0.25, 0.3) is 0 Å². The quantitative estimate of drug-likeness (QED) is 0.617. The fourth-order valence-corrected chi connectivity index (χ4v) is 2.66. The van der Waals surface area contributed by atoms with Crippen molar-refractivity contribution >= 4 is 21.5 Å². The first-order chi connectivity index (χ1) is 9.47. The Kier molecular flexibility index (Phi) is 6.70. The van der Waals surface area contributed by atoms with Crippen LogP contribution in [0.3, 0.4) is 0 Å². The maximum Gasteiger partial charge on any atom is 0.294 e. The molecule has 0 amide bonds. The van der Waals surface area contributed by atoms with E-state index in [1.165, 1.54) is 12.1 Å². The van der Waals surface area contributed by atoms with Gasteiger partial charge in [0.25, 0.3) is 10.1 Å². The summed E-state index contributed by atoms with van der Waals surface area (Å²) < 4.78 is 40.0. The molecule has 1 aliphatic heterocycles. The molecule has 0 spiro atoms. The van der Waals surface area contributed by atoms with Gasteiger partial charge in [0.2, 0.25) is 0 Å². The fraction of sp³-hybridized carbons (Fsp3) is 0.231. The molecule has 2 aromatic rings. The van der Waals surface area contributed by atoms with Gasteiger partial charge in [-0.15, -0.1) is 11.3 Å². The molecule has 0 unspecified atom stereocenters. The van der Waals surface area contributed by atoms with Crippen LogP contribution >= 0.6 is 11.3 Å². The SMILES string of the molecule is Cc1ccc(S(=O)(=O)O)cc1.[Fe].c1scc2c1OCCO2. The Morgan fingerprint density at radius 3 is 1.95 bits per heavy atom. The van der Waals surface area contributed by atoms with E-state index < -0.39 is 10.1 Å². The maximum absolute atomic E-state index is 10.5. The van der Waals surface area contributed by atoms with Crippen LogP contribution in [-0.4, -0.2) is 26.2 Å². The monoisotopic (exact) mass is 370 g/mol. The molecule has 1 aliphatic rings. The summed E-state index contributed by atoms with van der Waals surface area (Å²) in [5.41, 5.74) is 0.956. The minimum Gasteiger partial charge on any atom is -0.485 e. The van der Waals surface area contributed by atoms with Gasteiger partial charge in [0.15, 0.2) is 11.5 Å². The van der Waals surface area contributed by atoms with Crippen LogP contribution in [-0.2, 0) is 27.2 Å². The summed E-state index contributed by atoms with van der Waals surface area (Å²) >= 11 is 1.61. The number of hydrogen-bond donors (Lipinski definition) is 1. The van der Waals surface area contributed by atoms with Gasteiger partial charge in [-0.1, -0.05) is 17.7 Å². The maximum atomic E-state index is 10.5. The van der Waals surface area contributed by atoms with Crippen molar-refractivity contribution in [1.29, 1.82) is 0 Å². The van der Waals surface area contributed by atoms with E-state index in [-0.39, 0.29) is 22.0 Å². The molecule has 5 nitrogen and oxygen atoms in total. The molecule has 0 atom stereocenters. The van der Waals surface area contributed by atoms with Crippen LogP contribution in [0.15, 0.2) is 39.9 Å². The third kappa shape index (κ3) is 5.33. The van der Waals surface area contributed by atoms with E-state index in [4.69, 9.17) is 14.0 Å². The van der Waals surface area contributed by atoms with E-state index in [9.17, 15) is 8.42 Å². The molecule has 1 N–H and O–H groups in total. The zero-order chi connectivity index (χ0) is 14.6. The van der Waals surface area contributed by atoms with E-state index >= 15 is 0 Å². The van der Waals surface area contributed by atoms with Gasteiger partial charge in [0, 0.05) is 27.8 Å². The Bertz CT molecular complexity index is 644. The van der Waals surface area contributed by atoms with Gasteiger partial charge >= 0.3 is 0 Å². The summed E-state index contributed by atoms with van der Waals surface area (Å²) in [6.07, 6.45) is 0. The molecule has 0 saturated carbocycles. The third-order valence-electron chi connectivity index (χ3n) is 2.51. The van der Waals surface area contributed by atoms with Gasteiger partial charge in [0.1, 0.15) is 13.2 Å². The Morgan fingerprint density at radius 1 is 1.05 bits per heavy atom. The van der Waals surface area contributed by atoms with Crippen LogP contribution in [0.1, 0.15) is 5.56 Å². The Balaban J connectivity index is 0.000000203. The predicted octanol–water partition coefficient (Wildman–Crippen LogP) is 2.76. The summed E-state index contributed by atoms with van der Waals surface area (Å²) in [6, 6.07) is 5.99. The molecule has 21 heavy (non-hydrogen) atoms. The number of rotatable bonds is 1. The molecule has 1 aromatic heterocycles. The Morgan fingerprint density at radius 2 is 1.52 bits per heavy atom. The second kappa shape index (κ2) is 7.82. The van der Waals surface area contributed by atoms with Gasteiger partial charge in [-0.25, -0.2) is 0 Å². The standard InChI is InChI=1S/C7H8O3S.C6H6O2S.Fe/c1-6-2-4-7(5-3-6)11(8,9)10;1-2-8-6-4-9-3-5(6)7-1;/h2-5H,1H3,(H,8,9,10);3-4H,1-2H2;. The van der Waals surface area contributed by atoms with E-state index in [0.717, 1.165) is 17.1 Å². The van der Waals surface area contributed by atoms with E-state index in [2.05, 4.69) is 0 Å². The van der Waals surface area contributed by atoms with Crippen molar-refractivity contribution in [1.82, 2.24) is 0 Å². The summed E-state index contributed by atoms with van der Waals surface area (Å²) in [5.74, 6) is 1.79. The average molecular weight is 370 g/mol. The largest absolute Gasteiger partial charge is 0.485 e. The van der Waals surface area contributed by atoms with Crippen molar-refractivity contribution in [3.63, 3.8) is 0 Å². The molecule has 3 rings (SSSR count). The molecule has 0 bridgehead atoms. The van der Waals surface area contributed by atoms with Gasteiger partial charge in [0.05, 0.1) is 4.90 Å². The van der Waals surface area contributed by atoms with Crippen molar-refractivity contribution in [2.24, 2.45) is 0 Å². The first-order valence-corrected chi connectivity index (χ1v) is 8.21. The second-order valence-corrected chi connectivity index (χ2v) is 6.25. The van der Waals surface area contributed by atoms with Crippen LogP contribution in [0.2, 0.25) is 0 Å². The third-order valence-corrected chi connectivity index (χ3v) is 4.08. The number of ether oxygens (including phenoxy) is 2. The Hall–Kier alpha value is -1.05. The first-order valence-electron chi connectivity index (χ1n) is 5.83. The summed E-state index contributed by atoms with van der Waals surface area (Å²) in [7, 11) is -4.02. The van der Waals surface area contributed by atoms with Crippen molar-refractivity contribution in [2.45, 2.75) is 11.8 Å². The van der Waals surface area contributed by atoms with Crippen LogP contribution in [0.5, 0.6) is 11.5 Å². The number of fused-ring (bicyclic) bond motifs is 1. The van der Waals surface area contributed by atoms with E-state index in [1.54, 1.807) is 23.5 Å². The topological polar surface area (TPSA) is 72.8 Å². The van der Waals surface area contributed by atoms with Crippen molar-refractivity contribution in [2.75, 3.05) is 13.2 Å². The zero-order valence-corrected chi connectivity index (χ0v) is 13.9. The van der Waals surface area contributed by atoms with Gasteiger partial charge in [-0.3, -0.25) is 4.55 Å². The zero-order valence-electron chi connectivity index (χ0n) is 11.1. The molecular formula is C13H14FeO5S2. The van der Waals surface area contributed by atoms with Crippen LogP contribution in [0, 0.1) is 6.92 Å². The molecule has 116 valence electrons. The van der Waals surface area contributed by atoms with Gasteiger partial charge in [-0.05, 0) is 19.1 Å². The summed E-state index contributed by atoms with van der Waals surface area (Å²) in [6.45, 7) is 3.21. The minimum absolute atomic E-state index is 0. The van der Waals surface area contributed by atoms with Crippen molar-refractivity contribution < 1.29 is 39.5 Å². The molecule has 0 fully saturated rings. The average Bonchev–Trinajstić information content (AvgIpc) is 2.87. The predicted molar refractivity (Wildman–Crippen MR) is 76.3 cm³/mol. The number of benzene rings is 1. The second-order valence-electron chi connectivity index (χ2n) is 4.09. The fourth-order valence-electron chi connectivity index (χ4n) is 1.50. The van der Waals surface area contributed by atoms with Crippen LogP contribution < -0.4 is 9.47 Å². The molecule has 0 radical (unpaired) electrons. The normalized spacial score (nSPS) is 12.7. The molecular weight excluding hydrogens is 356 g/mol. The molecule has 0 aliphatic carbocycles. The van der Waals surface area contributed by atoms with Crippen molar-refractivity contribution in [3.8, 4) is 11.5 Å². The summed E-state index contributed by atoms with van der Waals surface area (Å²) in [4.78, 5) is -0.0666. The number of hydrogen-bond acceptors (Lipinski definition) is 5. The first kappa shape index (κ1) is 18.0. The molecule has 0 saturated heterocycles. The van der Waals surface area contributed by atoms with Gasteiger partial charge < -0.3 is 9.47 Å². The van der Waals surface area contributed by atoms with Gasteiger partial charge in [-0.2, -0.15) is 8.42 Å². The smallest absolute Gasteiger partial charge is 0.294 e. The number of thiophene rings is 1. The van der Waals surface area contributed by atoms with E-state index in [0.29, 0.717) is 13.2 Å². The summed E-state index contributed by atoms with van der Waals surface area (Å²) in [5, 5.41) is 3.91. The van der Waals surface area contributed by atoms with E-state index in [1.807, 2.05) is 17.7 Å². The number of aryl methyl sites for hydroxylation is 1. The minimum atomic E-state index is -4.02. The van der Waals surface area contributed by atoms with Crippen LogP contribution in [0.4, 0.5) is 0 Å². The molecule has 2 heterocycles. The molecule has 8 heteroatoms. The molecule has 1 aromatic carbocycles. The van der Waals surface area contributed by atoms with Crippen molar-refractivity contribution in [3.05, 3.63) is 40.6 Å². The Labute approximate surface area is 138 Å².